The quantitative estimate of drug-likeness (QED) is 0.736. The van der Waals surface area contributed by atoms with Crippen LogP contribution in [-0.4, -0.2) is 41.7 Å². The van der Waals surface area contributed by atoms with Crippen molar-refractivity contribution in [2.24, 2.45) is 11.3 Å². The van der Waals surface area contributed by atoms with Crippen molar-refractivity contribution < 1.29 is 4.79 Å². The van der Waals surface area contributed by atoms with Crippen LogP contribution < -0.4 is 5.32 Å². The maximum Gasteiger partial charge on any atom is 0.224 e. The van der Waals surface area contributed by atoms with E-state index < -0.39 is 0 Å². The van der Waals surface area contributed by atoms with Crippen LogP contribution >= 0.6 is 12.6 Å². The number of likely N-dealkylation sites (tertiary alicyclic amines) is 1. The summed E-state index contributed by atoms with van der Waals surface area (Å²) in [5.41, 5.74) is 0.0873. The molecule has 0 bridgehead atoms. The monoisotopic (exact) mass is 286 g/mol. The maximum atomic E-state index is 12.2. The van der Waals surface area contributed by atoms with Crippen LogP contribution in [0.4, 0.5) is 0 Å². The largest absolute Gasteiger partial charge is 0.355 e. The number of hydrogen-bond acceptors (Lipinski definition) is 3. The number of thiol groups is 1. The lowest BCUT2D eigenvalue weighted by Gasteiger charge is -2.32. The SMILES string of the molecule is CCN1CCC(C(=O)NCC(C)(C)CC(C)(C)S)C1. The Morgan fingerprint density at radius 3 is 2.47 bits per heavy atom. The van der Waals surface area contributed by atoms with Gasteiger partial charge in [0, 0.05) is 17.8 Å². The Hall–Kier alpha value is -0.220. The first-order valence-corrected chi connectivity index (χ1v) is 7.80. The van der Waals surface area contributed by atoms with Gasteiger partial charge in [-0.05, 0) is 31.3 Å². The minimum absolute atomic E-state index is 0.000591. The summed E-state index contributed by atoms with van der Waals surface area (Å²) in [5.74, 6) is 0.403. The van der Waals surface area contributed by atoms with Crippen LogP contribution in [-0.2, 0) is 4.79 Å². The molecule has 1 rings (SSSR count). The lowest BCUT2D eigenvalue weighted by atomic mass is 9.83. The minimum Gasteiger partial charge on any atom is -0.355 e. The number of carbonyl (C=O) groups excluding carboxylic acids is 1. The molecule has 1 fully saturated rings. The van der Waals surface area contributed by atoms with E-state index in [0.29, 0.717) is 0 Å². The first kappa shape index (κ1) is 16.8. The van der Waals surface area contributed by atoms with E-state index in [-0.39, 0.29) is 22.0 Å². The number of rotatable bonds is 6. The molecule has 1 N–H and O–H groups in total. The Morgan fingerprint density at radius 2 is 2.00 bits per heavy atom. The van der Waals surface area contributed by atoms with Gasteiger partial charge in [-0.15, -0.1) is 0 Å². The average molecular weight is 286 g/mol. The average Bonchev–Trinajstić information content (AvgIpc) is 2.71. The first-order valence-electron chi connectivity index (χ1n) is 7.35. The summed E-state index contributed by atoms with van der Waals surface area (Å²) in [6.45, 7) is 14.5. The Labute approximate surface area is 123 Å². The zero-order valence-corrected chi connectivity index (χ0v) is 14.0. The van der Waals surface area contributed by atoms with E-state index in [1.54, 1.807) is 0 Å². The molecule has 112 valence electrons. The summed E-state index contributed by atoms with van der Waals surface area (Å²) < 4.78 is 0.000591. The maximum absolute atomic E-state index is 12.2. The van der Waals surface area contributed by atoms with Gasteiger partial charge in [0.1, 0.15) is 0 Å². The van der Waals surface area contributed by atoms with E-state index in [1.807, 2.05) is 0 Å². The Bertz CT molecular complexity index is 310. The molecule has 1 unspecified atom stereocenters. The highest BCUT2D eigenvalue weighted by atomic mass is 32.1. The summed E-state index contributed by atoms with van der Waals surface area (Å²) in [5, 5.41) is 3.13. The molecule has 0 saturated carbocycles. The van der Waals surface area contributed by atoms with Gasteiger partial charge in [0.2, 0.25) is 5.91 Å². The zero-order chi connectivity index (χ0) is 14.7. The summed E-state index contributed by atoms with van der Waals surface area (Å²) in [7, 11) is 0. The number of nitrogens with zero attached hydrogens (tertiary/aromatic N) is 1. The topological polar surface area (TPSA) is 32.3 Å². The highest BCUT2D eigenvalue weighted by Gasteiger charge is 2.30. The van der Waals surface area contributed by atoms with Crippen LogP contribution in [0, 0.1) is 11.3 Å². The molecule has 1 saturated heterocycles. The Balaban J connectivity index is 2.38. The Morgan fingerprint density at radius 1 is 1.37 bits per heavy atom. The number of amides is 1. The first-order chi connectivity index (χ1) is 8.63. The van der Waals surface area contributed by atoms with Gasteiger partial charge in [0.15, 0.2) is 0 Å². The van der Waals surface area contributed by atoms with Crippen LogP contribution in [0.3, 0.4) is 0 Å². The number of hydrogen-bond donors (Lipinski definition) is 2. The fourth-order valence-corrected chi connectivity index (χ4v) is 3.47. The fraction of sp³-hybridized carbons (Fsp3) is 0.933. The van der Waals surface area contributed by atoms with Crippen molar-refractivity contribution >= 4 is 18.5 Å². The predicted molar refractivity (Wildman–Crippen MR) is 84.7 cm³/mol. The van der Waals surface area contributed by atoms with Crippen LogP contribution in [0.15, 0.2) is 0 Å². The van der Waals surface area contributed by atoms with Crippen molar-refractivity contribution in [3.05, 3.63) is 0 Å². The third-order valence-corrected chi connectivity index (χ3v) is 3.90. The fourth-order valence-electron chi connectivity index (χ4n) is 3.04. The van der Waals surface area contributed by atoms with Gasteiger partial charge in [-0.1, -0.05) is 34.6 Å². The molecule has 1 amide bonds. The molecule has 0 aromatic carbocycles. The molecule has 1 aliphatic heterocycles. The van der Waals surface area contributed by atoms with Crippen LogP contribution in [0.2, 0.25) is 0 Å². The van der Waals surface area contributed by atoms with Crippen molar-refractivity contribution in [2.45, 2.75) is 52.2 Å². The second-order valence-electron chi connectivity index (χ2n) is 7.25. The van der Waals surface area contributed by atoms with Gasteiger partial charge in [0.05, 0.1) is 5.92 Å². The van der Waals surface area contributed by atoms with Gasteiger partial charge >= 0.3 is 0 Å². The van der Waals surface area contributed by atoms with E-state index in [2.05, 4.69) is 57.5 Å². The number of carbonyl (C=O) groups is 1. The molecule has 3 nitrogen and oxygen atoms in total. The second kappa shape index (κ2) is 6.49. The van der Waals surface area contributed by atoms with Gasteiger partial charge in [-0.2, -0.15) is 12.6 Å². The van der Waals surface area contributed by atoms with E-state index >= 15 is 0 Å². The third kappa shape index (κ3) is 6.17. The summed E-state index contributed by atoms with van der Waals surface area (Å²) in [4.78, 5) is 14.5. The molecule has 0 aromatic heterocycles. The lowest BCUT2D eigenvalue weighted by molar-refractivity contribution is -0.125. The van der Waals surface area contributed by atoms with E-state index in [0.717, 1.165) is 39.0 Å². The molecule has 1 atom stereocenters. The summed E-state index contributed by atoms with van der Waals surface area (Å²) in [6, 6.07) is 0. The summed E-state index contributed by atoms with van der Waals surface area (Å²) in [6.07, 6.45) is 1.98. The molecular formula is C15H30N2OS. The second-order valence-corrected chi connectivity index (χ2v) is 8.46. The van der Waals surface area contributed by atoms with Crippen molar-refractivity contribution in [2.75, 3.05) is 26.2 Å². The third-order valence-electron chi connectivity index (χ3n) is 3.74. The highest BCUT2D eigenvalue weighted by molar-refractivity contribution is 7.81. The van der Waals surface area contributed by atoms with Crippen LogP contribution in [0.5, 0.6) is 0 Å². The predicted octanol–water partition coefficient (Wildman–Crippen LogP) is 2.57. The molecule has 1 aliphatic rings. The molecule has 0 aromatic rings. The molecular weight excluding hydrogens is 256 g/mol. The van der Waals surface area contributed by atoms with E-state index in [1.165, 1.54) is 0 Å². The standard InChI is InChI=1S/C15H30N2OS/c1-6-17-8-7-12(9-17)13(18)16-11-14(2,3)10-15(4,5)19/h12,19H,6-11H2,1-5H3,(H,16,18). The van der Waals surface area contributed by atoms with Gasteiger partial charge in [0.25, 0.3) is 0 Å². The summed E-state index contributed by atoms with van der Waals surface area (Å²) >= 11 is 4.59. The highest BCUT2D eigenvalue weighted by Crippen LogP contribution is 2.31. The molecule has 0 aliphatic carbocycles. The van der Waals surface area contributed by atoms with Crippen molar-refractivity contribution in [1.29, 1.82) is 0 Å². The van der Waals surface area contributed by atoms with Crippen molar-refractivity contribution in [3.63, 3.8) is 0 Å². The van der Waals surface area contributed by atoms with Crippen LogP contribution in [0.25, 0.3) is 0 Å². The molecule has 19 heavy (non-hydrogen) atoms. The Kier molecular flexibility index (Phi) is 5.75. The van der Waals surface area contributed by atoms with Gasteiger partial charge < -0.3 is 10.2 Å². The minimum atomic E-state index is 0.000591. The molecule has 0 spiro atoms. The number of nitrogens with one attached hydrogen (secondary N) is 1. The lowest BCUT2D eigenvalue weighted by Crippen LogP contribution is -2.40. The normalized spacial score (nSPS) is 21.7. The van der Waals surface area contributed by atoms with Crippen LogP contribution in [0.1, 0.15) is 47.5 Å². The zero-order valence-electron chi connectivity index (χ0n) is 13.1. The van der Waals surface area contributed by atoms with E-state index in [4.69, 9.17) is 0 Å². The molecule has 0 radical (unpaired) electrons. The van der Waals surface area contributed by atoms with E-state index in [9.17, 15) is 4.79 Å². The molecule has 1 heterocycles. The van der Waals surface area contributed by atoms with Crippen molar-refractivity contribution in [1.82, 2.24) is 10.2 Å². The smallest absolute Gasteiger partial charge is 0.224 e. The van der Waals surface area contributed by atoms with Gasteiger partial charge in [-0.3, -0.25) is 4.79 Å². The molecule has 4 heteroatoms. The van der Waals surface area contributed by atoms with Crippen molar-refractivity contribution in [3.8, 4) is 0 Å². The van der Waals surface area contributed by atoms with Gasteiger partial charge in [-0.25, -0.2) is 0 Å².